The molecule has 2 heterocycles. The number of hydrogen-bond acceptors (Lipinski definition) is 13. The van der Waals surface area contributed by atoms with E-state index in [0.29, 0.717) is 6.42 Å². The van der Waals surface area contributed by atoms with E-state index in [1.165, 1.54) is 218 Å². The van der Waals surface area contributed by atoms with Gasteiger partial charge in [0.1, 0.15) is 48.8 Å². The first-order valence-electron chi connectivity index (χ1n) is 32.6. The summed E-state index contributed by atoms with van der Waals surface area (Å²) in [5.41, 5.74) is 0. The first-order chi connectivity index (χ1) is 38.1. The zero-order valence-corrected chi connectivity index (χ0v) is 49.7. The van der Waals surface area contributed by atoms with Crippen LogP contribution in [0, 0.1) is 0 Å². The second-order valence-corrected chi connectivity index (χ2v) is 23.2. The van der Waals surface area contributed by atoms with Gasteiger partial charge >= 0.3 is 0 Å². The predicted octanol–water partition coefficient (Wildman–Crippen LogP) is 12.0. The van der Waals surface area contributed by atoms with Crippen molar-refractivity contribution in [1.82, 2.24) is 5.32 Å². The van der Waals surface area contributed by atoms with E-state index in [1.54, 1.807) is 6.08 Å². The summed E-state index contributed by atoms with van der Waals surface area (Å²) in [5, 5.41) is 87.3. The van der Waals surface area contributed by atoms with Gasteiger partial charge in [0, 0.05) is 6.42 Å². The Kier molecular flexibility index (Phi) is 46.5. The number of hydrogen-bond donors (Lipinski definition) is 9. The second kappa shape index (κ2) is 50.0. The molecule has 0 aromatic rings. The highest BCUT2D eigenvalue weighted by Crippen LogP contribution is 2.30. The van der Waals surface area contributed by atoms with Crippen LogP contribution in [0.2, 0.25) is 0 Å². The zero-order chi connectivity index (χ0) is 56.7. The molecule has 9 N–H and O–H groups in total. The SMILES string of the molecule is CCCCCCCCCC/C=C\CCCCCCCCCCCCCCCC(=O)NC(COC1OC(CO)C(OC2OC(CO)C(O)C(O)C2O)C(O)C1O)C(O)/C=C/CCCCCCCCCCCCCCCCCCC. The Morgan fingerprint density at radius 1 is 0.449 bits per heavy atom. The number of aliphatic hydroxyl groups excluding tert-OH is 8. The van der Waals surface area contributed by atoms with Crippen LogP contribution in [0.5, 0.6) is 0 Å². The summed E-state index contributed by atoms with van der Waals surface area (Å²) in [6.07, 6.45) is 43.6. The van der Waals surface area contributed by atoms with E-state index in [4.69, 9.17) is 18.9 Å². The quantitative estimate of drug-likeness (QED) is 0.0204. The molecule has 0 radical (unpaired) electrons. The van der Waals surface area contributed by atoms with Gasteiger partial charge < -0.3 is 65.1 Å². The third-order valence-corrected chi connectivity index (χ3v) is 16.1. The summed E-state index contributed by atoms with van der Waals surface area (Å²) in [6.45, 7) is 2.84. The van der Waals surface area contributed by atoms with Crippen molar-refractivity contribution in [2.45, 2.75) is 357 Å². The molecule has 0 spiro atoms. The third kappa shape index (κ3) is 34.8. The van der Waals surface area contributed by atoms with Gasteiger partial charge in [-0.1, -0.05) is 256 Å². The zero-order valence-electron chi connectivity index (χ0n) is 49.7. The Bertz CT molecular complexity index is 1400. The van der Waals surface area contributed by atoms with E-state index in [1.807, 2.05) is 6.08 Å². The summed E-state index contributed by atoms with van der Waals surface area (Å²) in [5.74, 6) is -0.235. The van der Waals surface area contributed by atoms with Crippen molar-refractivity contribution in [2.75, 3.05) is 19.8 Å². The number of nitrogens with one attached hydrogen (secondary N) is 1. The highest BCUT2D eigenvalue weighted by molar-refractivity contribution is 5.76. The minimum absolute atomic E-state index is 0.235. The highest BCUT2D eigenvalue weighted by atomic mass is 16.7. The second-order valence-electron chi connectivity index (χ2n) is 23.2. The largest absolute Gasteiger partial charge is 0.394 e. The van der Waals surface area contributed by atoms with E-state index in [0.717, 1.165) is 38.5 Å². The van der Waals surface area contributed by atoms with Crippen LogP contribution in [0.15, 0.2) is 24.3 Å². The molecule has 1 amide bonds. The Hall–Kier alpha value is -1.53. The molecule has 2 aliphatic heterocycles. The van der Waals surface area contributed by atoms with Gasteiger partial charge in [0.15, 0.2) is 12.6 Å². The molecule has 2 saturated heterocycles. The maximum absolute atomic E-state index is 13.3. The number of carbonyl (C=O) groups excluding carboxylic acids is 1. The average Bonchev–Trinajstić information content (AvgIpc) is 3.44. The summed E-state index contributed by atoms with van der Waals surface area (Å²) >= 11 is 0. The third-order valence-electron chi connectivity index (χ3n) is 16.1. The van der Waals surface area contributed by atoms with Crippen LogP contribution in [0.25, 0.3) is 0 Å². The molecule has 78 heavy (non-hydrogen) atoms. The average molecular weight is 1110 g/mol. The van der Waals surface area contributed by atoms with Crippen molar-refractivity contribution < 1.29 is 64.6 Å². The number of carbonyl (C=O) groups is 1. The number of allylic oxidation sites excluding steroid dienone is 3. The van der Waals surface area contributed by atoms with Gasteiger partial charge in [-0.05, 0) is 44.9 Å². The number of ether oxygens (including phenoxy) is 4. The molecule has 0 aromatic carbocycles. The normalized spacial score (nSPS) is 24.6. The standard InChI is InChI=1S/C64H121NO13/c1-3-5-7-9-11-13-15-17-19-21-23-24-25-26-27-28-30-32-34-36-38-40-42-44-46-48-56(69)65-52(53(68)47-45-43-41-39-37-35-33-31-29-22-20-18-16-14-12-10-8-6-4-2)51-75-63-61(74)59(72)62(55(50-67)77-63)78-64-60(73)58(71)57(70)54(49-66)76-64/h21,23,45,47,52-55,57-64,66-68,70-74H,3-20,22,24-44,46,48-51H2,1-2H3,(H,65,69)/b23-21-,47-45+. The topological polar surface area (TPSA) is 228 Å². The molecule has 0 aliphatic carbocycles. The van der Waals surface area contributed by atoms with Crippen LogP contribution in [0.3, 0.4) is 0 Å². The summed E-state index contributed by atoms with van der Waals surface area (Å²) in [7, 11) is 0. The molecular weight excluding hydrogens is 991 g/mol. The molecule has 0 bridgehead atoms. The fourth-order valence-corrected chi connectivity index (χ4v) is 10.9. The van der Waals surface area contributed by atoms with Gasteiger partial charge in [-0.25, -0.2) is 0 Å². The molecule has 460 valence electrons. The molecule has 2 aliphatic rings. The van der Waals surface area contributed by atoms with Gasteiger partial charge in [0.2, 0.25) is 5.91 Å². The Balaban J connectivity index is 1.72. The molecular formula is C64H121NO13. The van der Waals surface area contributed by atoms with E-state index in [2.05, 4.69) is 31.3 Å². The summed E-state index contributed by atoms with van der Waals surface area (Å²) in [6, 6.07) is -0.913. The lowest BCUT2D eigenvalue weighted by molar-refractivity contribution is -0.359. The lowest BCUT2D eigenvalue weighted by Gasteiger charge is -2.46. The van der Waals surface area contributed by atoms with Crippen molar-refractivity contribution in [1.29, 1.82) is 0 Å². The van der Waals surface area contributed by atoms with Crippen LogP contribution in [0.4, 0.5) is 0 Å². The summed E-state index contributed by atoms with van der Waals surface area (Å²) in [4.78, 5) is 13.3. The van der Waals surface area contributed by atoms with Gasteiger partial charge in [0.05, 0.1) is 32.0 Å². The van der Waals surface area contributed by atoms with Crippen molar-refractivity contribution in [3.8, 4) is 0 Å². The predicted molar refractivity (Wildman–Crippen MR) is 314 cm³/mol. The lowest BCUT2D eigenvalue weighted by Crippen LogP contribution is -2.65. The first kappa shape index (κ1) is 72.6. The molecule has 14 heteroatoms. The Morgan fingerprint density at radius 2 is 0.808 bits per heavy atom. The van der Waals surface area contributed by atoms with Gasteiger partial charge in [-0.3, -0.25) is 4.79 Å². The fraction of sp³-hybridized carbons (Fsp3) is 0.922. The van der Waals surface area contributed by atoms with Crippen molar-refractivity contribution in [3.63, 3.8) is 0 Å². The molecule has 0 saturated carbocycles. The van der Waals surface area contributed by atoms with Gasteiger partial charge in [-0.2, -0.15) is 0 Å². The highest BCUT2D eigenvalue weighted by Gasteiger charge is 2.51. The maximum Gasteiger partial charge on any atom is 0.220 e. The lowest BCUT2D eigenvalue weighted by atomic mass is 9.97. The van der Waals surface area contributed by atoms with Crippen LogP contribution in [-0.2, 0) is 23.7 Å². The first-order valence-corrected chi connectivity index (χ1v) is 32.6. The molecule has 2 rings (SSSR count). The summed E-state index contributed by atoms with van der Waals surface area (Å²) < 4.78 is 22.8. The minimum atomic E-state index is -1.79. The Labute approximate surface area is 475 Å². The van der Waals surface area contributed by atoms with Crippen LogP contribution < -0.4 is 5.32 Å². The van der Waals surface area contributed by atoms with Crippen molar-refractivity contribution in [3.05, 3.63) is 24.3 Å². The van der Waals surface area contributed by atoms with Crippen molar-refractivity contribution in [2.24, 2.45) is 0 Å². The molecule has 14 nitrogen and oxygen atoms in total. The fourth-order valence-electron chi connectivity index (χ4n) is 10.9. The van der Waals surface area contributed by atoms with Crippen molar-refractivity contribution >= 4 is 5.91 Å². The maximum atomic E-state index is 13.3. The van der Waals surface area contributed by atoms with Crippen LogP contribution in [-0.4, -0.2) is 140 Å². The molecule has 12 unspecified atom stereocenters. The minimum Gasteiger partial charge on any atom is -0.394 e. The van der Waals surface area contributed by atoms with E-state index in [-0.39, 0.29) is 18.9 Å². The van der Waals surface area contributed by atoms with E-state index < -0.39 is 86.8 Å². The van der Waals surface area contributed by atoms with E-state index in [9.17, 15) is 45.6 Å². The van der Waals surface area contributed by atoms with Crippen LogP contribution >= 0.6 is 0 Å². The Morgan fingerprint density at radius 3 is 1.22 bits per heavy atom. The van der Waals surface area contributed by atoms with Gasteiger partial charge in [-0.15, -0.1) is 0 Å². The van der Waals surface area contributed by atoms with E-state index >= 15 is 0 Å². The van der Waals surface area contributed by atoms with Gasteiger partial charge in [0.25, 0.3) is 0 Å². The monoisotopic (exact) mass is 1110 g/mol. The smallest absolute Gasteiger partial charge is 0.220 e. The molecule has 12 atom stereocenters. The number of amides is 1. The number of unbranched alkanes of at least 4 members (excludes halogenated alkanes) is 38. The molecule has 0 aromatic heterocycles. The molecule has 2 fully saturated rings. The number of rotatable bonds is 53. The number of aliphatic hydroxyl groups is 8. The van der Waals surface area contributed by atoms with Crippen LogP contribution in [0.1, 0.15) is 284 Å².